The van der Waals surface area contributed by atoms with Crippen LogP contribution in [0.2, 0.25) is 0 Å². The minimum absolute atomic E-state index is 0.176. The normalized spacial score (nSPS) is 25.9. The molecule has 1 saturated heterocycles. The van der Waals surface area contributed by atoms with Gasteiger partial charge in [0.2, 0.25) is 0 Å². The topological polar surface area (TPSA) is 137 Å². The van der Waals surface area contributed by atoms with E-state index in [2.05, 4.69) is 4.98 Å². The number of aliphatic hydroxyl groups excluding tert-OH is 1. The zero-order valence-electron chi connectivity index (χ0n) is 12.3. The van der Waals surface area contributed by atoms with Crippen molar-refractivity contribution in [2.75, 3.05) is 6.61 Å². The fourth-order valence-corrected chi connectivity index (χ4v) is 2.22. The number of rotatable bonds is 4. The van der Waals surface area contributed by atoms with Crippen molar-refractivity contribution in [3.63, 3.8) is 0 Å². The summed E-state index contributed by atoms with van der Waals surface area (Å²) in [6.07, 6.45) is -0.670. The van der Waals surface area contributed by atoms with Gasteiger partial charge in [0.05, 0.1) is 6.61 Å². The Bertz CT molecular complexity index is 664. The number of nitrogens with zero attached hydrogens (tertiary/aromatic N) is 1. The van der Waals surface area contributed by atoms with Gasteiger partial charge in [-0.1, -0.05) is 0 Å². The molecule has 0 aliphatic carbocycles. The Kier molecular flexibility index (Phi) is 4.79. The van der Waals surface area contributed by atoms with Crippen LogP contribution in [0, 0.1) is 6.92 Å². The monoisotopic (exact) mass is 313 g/mol. The number of aliphatic hydroxyl groups is 1. The Labute approximate surface area is 125 Å². The first kappa shape index (κ1) is 16.4. The lowest BCUT2D eigenvalue weighted by molar-refractivity contribution is -0.154. The third-order valence-corrected chi connectivity index (χ3v) is 3.46. The van der Waals surface area contributed by atoms with E-state index in [9.17, 15) is 19.5 Å². The Morgan fingerprint density at radius 1 is 1.64 bits per heavy atom. The minimum atomic E-state index is -0.795. The van der Waals surface area contributed by atoms with Crippen LogP contribution in [-0.2, 0) is 14.3 Å². The number of carbonyl (C=O) groups excluding carboxylic acids is 1. The number of H-pyrrole nitrogens is 1. The highest BCUT2D eigenvalue weighted by Gasteiger charge is 2.39. The molecule has 1 aliphatic heterocycles. The van der Waals surface area contributed by atoms with Gasteiger partial charge in [-0.05, 0) is 13.8 Å². The van der Waals surface area contributed by atoms with Crippen molar-refractivity contribution >= 4 is 5.97 Å². The summed E-state index contributed by atoms with van der Waals surface area (Å²) in [5.41, 5.74) is 4.68. The summed E-state index contributed by atoms with van der Waals surface area (Å²) in [6, 6.07) is -0.795. The molecule has 0 amide bonds. The van der Waals surface area contributed by atoms with E-state index in [1.807, 2.05) is 0 Å². The number of esters is 1. The number of ether oxygens (including phenoxy) is 2. The molecule has 2 heterocycles. The molecule has 1 aromatic heterocycles. The molecule has 1 aliphatic rings. The summed E-state index contributed by atoms with van der Waals surface area (Å²) in [4.78, 5) is 37.0. The highest BCUT2D eigenvalue weighted by molar-refractivity contribution is 5.75. The summed E-state index contributed by atoms with van der Waals surface area (Å²) >= 11 is 0. The van der Waals surface area contributed by atoms with E-state index < -0.39 is 41.7 Å². The van der Waals surface area contributed by atoms with E-state index in [4.69, 9.17) is 15.2 Å². The highest BCUT2D eigenvalue weighted by Crippen LogP contribution is 2.29. The van der Waals surface area contributed by atoms with E-state index in [0.717, 1.165) is 0 Å². The quantitative estimate of drug-likeness (QED) is 0.568. The number of nitrogens with two attached hydrogens (primary N) is 1. The molecular weight excluding hydrogens is 294 g/mol. The molecule has 1 aromatic rings. The van der Waals surface area contributed by atoms with Gasteiger partial charge in [-0.3, -0.25) is 19.1 Å². The third-order valence-electron chi connectivity index (χ3n) is 3.46. The first-order chi connectivity index (χ1) is 10.3. The van der Waals surface area contributed by atoms with E-state index in [0.29, 0.717) is 5.56 Å². The Hall–Kier alpha value is -1.97. The van der Waals surface area contributed by atoms with Crippen LogP contribution in [0.3, 0.4) is 0 Å². The van der Waals surface area contributed by atoms with Crippen LogP contribution >= 0.6 is 0 Å². The number of hydrogen-bond donors (Lipinski definition) is 3. The summed E-state index contributed by atoms with van der Waals surface area (Å²) in [7, 11) is 0. The molecule has 9 heteroatoms. The maximum Gasteiger partial charge on any atom is 0.330 e. The van der Waals surface area contributed by atoms with Crippen molar-refractivity contribution in [2.45, 2.75) is 44.7 Å². The van der Waals surface area contributed by atoms with Crippen LogP contribution in [0.1, 0.15) is 25.1 Å². The lowest BCUT2D eigenvalue weighted by Gasteiger charge is -2.17. The Balaban J connectivity index is 2.22. The van der Waals surface area contributed by atoms with Gasteiger partial charge >= 0.3 is 11.7 Å². The molecule has 2 rings (SSSR count). The van der Waals surface area contributed by atoms with Crippen molar-refractivity contribution in [1.29, 1.82) is 0 Å². The molecule has 0 bridgehead atoms. The third kappa shape index (κ3) is 3.26. The van der Waals surface area contributed by atoms with Crippen molar-refractivity contribution in [3.05, 3.63) is 32.6 Å². The fraction of sp³-hybridized carbons (Fsp3) is 0.615. The average molecular weight is 313 g/mol. The Morgan fingerprint density at radius 3 is 2.91 bits per heavy atom. The van der Waals surface area contributed by atoms with Gasteiger partial charge in [0.25, 0.3) is 5.56 Å². The number of nitrogens with one attached hydrogen (secondary N) is 1. The largest absolute Gasteiger partial charge is 0.458 e. The molecule has 0 saturated carbocycles. The summed E-state index contributed by atoms with van der Waals surface area (Å²) in [5, 5.41) is 9.33. The lowest BCUT2D eigenvalue weighted by Crippen LogP contribution is -2.36. The first-order valence-electron chi connectivity index (χ1n) is 6.88. The van der Waals surface area contributed by atoms with E-state index in [1.165, 1.54) is 17.7 Å². The molecule has 22 heavy (non-hydrogen) atoms. The molecule has 9 nitrogen and oxygen atoms in total. The maximum absolute atomic E-state index is 11.8. The SMILES string of the molecule is Cc1cn([C@@H]2CC(OC(=O)[C@@H](C)N)[C@H](CO)O2)c(=O)[nH]c1=O. The van der Waals surface area contributed by atoms with E-state index in [-0.39, 0.29) is 13.0 Å². The predicted octanol–water partition coefficient (Wildman–Crippen LogP) is -1.62. The van der Waals surface area contributed by atoms with Crippen molar-refractivity contribution in [1.82, 2.24) is 9.55 Å². The zero-order valence-corrected chi connectivity index (χ0v) is 12.3. The van der Waals surface area contributed by atoms with E-state index in [1.54, 1.807) is 6.92 Å². The van der Waals surface area contributed by atoms with Gasteiger partial charge in [-0.2, -0.15) is 0 Å². The van der Waals surface area contributed by atoms with Crippen LogP contribution in [0.15, 0.2) is 15.8 Å². The lowest BCUT2D eigenvalue weighted by atomic mass is 10.2. The summed E-state index contributed by atoms with van der Waals surface area (Å²) in [5.74, 6) is -0.613. The number of aromatic amines is 1. The molecule has 4 N–H and O–H groups in total. The van der Waals surface area contributed by atoms with Crippen LogP contribution in [0.25, 0.3) is 0 Å². The van der Waals surface area contributed by atoms with Crippen LogP contribution in [0.5, 0.6) is 0 Å². The second-order valence-corrected chi connectivity index (χ2v) is 5.29. The van der Waals surface area contributed by atoms with Crippen LogP contribution in [-0.4, -0.2) is 45.5 Å². The number of aryl methyl sites for hydroxylation is 1. The smallest absolute Gasteiger partial charge is 0.330 e. The van der Waals surface area contributed by atoms with E-state index >= 15 is 0 Å². The van der Waals surface area contributed by atoms with Crippen molar-refractivity contribution in [2.24, 2.45) is 5.73 Å². The van der Waals surface area contributed by atoms with Crippen molar-refractivity contribution < 1.29 is 19.4 Å². The van der Waals surface area contributed by atoms with Gasteiger partial charge in [0, 0.05) is 18.2 Å². The molecule has 1 fully saturated rings. The van der Waals surface area contributed by atoms with Gasteiger partial charge in [-0.15, -0.1) is 0 Å². The predicted molar refractivity (Wildman–Crippen MR) is 75.2 cm³/mol. The standard InChI is InChI=1S/C13H19N3O6/c1-6-4-16(13(20)15-11(6)18)10-3-8(9(5-17)21-10)22-12(19)7(2)14/h4,7-10,17H,3,5,14H2,1-2H3,(H,15,18,20)/t7-,8?,9+,10+/m1/s1. The van der Waals surface area contributed by atoms with Crippen LogP contribution < -0.4 is 17.0 Å². The Morgan fingerprint density at radius 2 is 2.32 bits per heavy atom. The molecule has 0 radical (unpaired) electrons. The summed E-state index contributed by atoms with van der Waals surface area (Å²) < 4.78 is 11.9. The van der Waals surface area contributed by atoms with Gasteiger partial charge in [0.15, 0.2) is 0 Å². The molecule has 4 atom stereocenters. The number of hydrogen-bond acceptors (Lipinski definition) is 7. The molecule has 0 aromatic carbocycles. The summed E-state index contributed by atoms with van der Waals surface area (Å²) in [6.45, 7) is 2.67. The van der Waals surface area contributed by atoms with Crippen LogP contribution in [0.4, 0.5) is 0 Å². The average Bonchev–Trinajstić information content (AvgIpc) is 2.85. The molecule has 1 unspecified atom stereocenters. The molecular formula is C13H19N3O6. The fourth-order valence-electron chi connectivity index (χ4n) is 2.22. The maximum atomic E-state index is 11.8. The second kappa shape index (κ2) is 6.42. The number of aromatic nitrogens is 2. The molecule has 0 spiro atoms. The van der Waals surface area contributed by atoms with Gasteiger partial charge < -0.3 is 20.3 Å². The molecule has 122 valence electrons. The highest BCUT2D eigenvalue weighted by atomic mass is 16.6. The first-order valence-corrected chi connectivity index (χ1v) is 6.88. The second-order valence-electron chi connectivity index (χ2n) is 5.29. The minimum Gasteiger partial charge on any atom is -0.458 e. The van der Waals surface area contributed by atoms with Gasteiger partial charge in [-0.25, -0.2) is 4.79 Å². The van der Waals surface area contributed by atoms with Crippen molar-refractivity contribution in [3.8, 4) is 0 Å². The number of carbonyl (C=O) groups is 1. The van der Waals surface area contributed by atoms with Gasteiger partial charge in [0.1, 0.15) is 24.5 Å². The zero-order chi connectivity index (χ0) is 16.4.